The topological polar surface area (TPSA) is 3.24 Å². The number of nitrogens with zero attached hydrogens (tertiary/aromatic N) is 2. The number of hydrogen-bond acceptors (Lipinski definition) is 1. The molecule has 0 amide bonds. The first kappa shape index (κ1) is 11.9. The van der Waals surface area contributed by atoms with Gasteiger partial charge in [-0.3, -0.25) is 0 Å². The zero-order valence-electron chi connectivity index (χ0n) is 9.38. The maximum absolute atomic E-state index is 6.43. The Kier molecular flexibility index (Phi) is 4.76. The van der Waals surface area contributed by atoms with Crippen LogP contribution in [0.15, 0.2) is 12.4 Å². The highest BCUT2D eigenvalue weighted by molar-refractivity contribution is 6.07. The maximum atomic E-state index is 6.43. The van der Waals surface area contributed by atoms with E-state index in [1.54, 1.807) is 0 Å². The summed E-state index contributed by atoms with van der Waals surface area (Å²) in [7, 11) is 0. The van der Waals surface area contributed by atoms with Gasteiger partial charge in [0.05, 0.1) is 6.20 Å². The molecule has 0 fully saturated rings. The first-order valence-electron chi connectivity index (χ1n) is 5.70. The Bertz CT molecular complexity index is 194. The summed E-state index contributed by atoms with van der Waals surface area (Å²) in [5.41, 5.74) is 0. The quantitative estimate of drug-likeness (QED) is 0.618. The van der Waals surface area contributed by atoms with Crippen molar-refractivity contribution in [1.29, 1.82) is 0 Å². The van der Waals surface area contributed by atoms with Crippen LogP contribution in [0.1, 0.15) is 39.5 Å². The van der Waals surface area contributed by atoms with E-state index in [-0.39, 0.29) is 0 Å². The van der Waals surface area contributed by atoms with Gasteiger partial charge in [-0.15, -0.1) is 0 Å². The molecule has 82 valence electrons. The average Bonchev–Trinajstić information content (AvgIpc) is 2.55. The third-order valence-corrected chi connectivity index (χ3v) is 3.03. The average molecular weight is 218 g/mol. The lowest BCUT2D eigenvalue weighted by molar-refractivity contribution is -0.763. The number of halogens is 1. The molecule has 0 saturated carbocycles. The van der Waals surface area contributed by atoms with Crippen molar-refractivity contribution in [2.24, 2.45) is 0 Å². The standard InChI is InChI=1S/C11H22ClN2/c1-3-5-7-13-8-10-14(12,11-13)9-6-4-2/h8,10H,3-7,9,11H2,1-2H3/q+1. The van der Waals surface area contributed by atoms with E-state index in [4.69, 9.17) is 11.8 Å². The van der Waals surface area contributed by atoms with Gasteiger partial charge >= 0.3 is 0 Å². The Morgan fingerprint density at radius 3 is 2.64 bits per heavy atom. The predicted molar refractivity (Wildman–Crippen MR) is 61.5 cm³/mol. The first-order valence-corrected chi connectivity index (χ1v) is 6.04. The SMILES string of the molecule is CCCCN1C=C[N+](Cl)(CCCC)C1. The minimum Gasteiger partial charge on any atom is -0.325 e. The molecule has 1 aliphatic rings. The lowest BCUT2D eigenvalue weighted by Crippen LogP contribution is -2.37. The molecular formula is C11H22ClN2+. The van der Waals surface area contributed by atoms with Crippen LogP contribution in [-0.2, 0) is 0 Å². The van der Waals surface area contributed by atoms with Crippen molar-refractivity contribution in [3.8, 4) is 0 Å². The van der Waals surface area contributed by atoms with Crippen molar-refractivity contribution < 1.29 is 4.00 Å². The Morgan fingerprint density at radius 1 is 1.29 bits per heavy atom. The molecule has 0 aliphatic carbocycles. The molecule has 0 aromatic carbocycles. The minimum atomic E-state index is 0.581. The molecule has 1 rings (SSSR count). The summed E-state index contributed by atoms with van der Waals surface area (Å²) in [5, 5.41) is 0. The highest BCUT2D eigenvalue weighted by atomic mass is 35.5. The maximum Gasteiger partial charge on any atom is 0.175 e. The van der Waals surface area contributed by atoms with Gasteiger partial charge in [-0.05, 0) is 12.8 Å². The molecule has 0 aromatic rings. The molecule has 0 saturated heterocycles. The van der Waals surface area contributed by atoms with Crippen LogP contribution in [0, 0.1) is 0 Å². The fourth-order valence-corrected chi connectivity index (χ4v) is 1.99. The zero-order valence-corrected chi connectivity index (χ0v) is 10.1. The van der Waals surface area contributed by atoms with Crippen LogP contribution < -0.4 is 0 Å². The van der Waals surface area contributed by atoms with Gasteiger partial charge in [0.15, 0.2) is 18.4 Å². The van der Waals surface area contributed by atoms with Gasteiger partial charge in [0.2, 0.25) is 0 Å². The normalized spacial score (nSPS) is 26.1. The van der Waals surface area contributed by atoms with Gasteiger partial charge in [-0.1, -0.05) is 26.7 Å². The molecule has 2 nitrogen and oxygen atoms in total. The number of hydrogen-bond donors (Lipinski definition) is 0. The molecule has 1 unspecified atom stereocenters. The van der Waals surface area contributed by atoms with Crippen LogP contribution in [0.5, 0.6) is 0 Å². The van der Waals surface area contributed by atoms with Crippen LogP contribution >= 0.6 is 11.8 Å². The van der Waals surface area contributed by atoms with E-state index in [1.807, 2.05) is 0 Å². The molecule has 0 aromatic heterocycles. The molecule has 0 radical (unpaired) electrons. The largest absolute Gasteiger partial charge is 0.325 e. The van der Waals surface area contributed by atoms with Crippen LogP contribution in [-0.4, -0.2) is 28.7 Å². The monoisotopic (exact) mass is 217 g/mol. The second kappa shape index (κ2) is 5.62. The lowest BCUT2D eigenvalue weighted by atomic mass is 10.3. The smallest absolute Gasteiger partial charge is 0.175 e. The van der Waals surface area contributed by atoms with Crippen molar-refractivity contribution >= 4 is 11.8 Å². The van der Waals surface area contributed by atoms with E-state index in [2.05, 4.69) is 31.1 Å². The Balaban J connectivity index is 2.29. The van der Waals surface area contributed by atoms with E-state index >= 15 is 0 Å². The van der Waals surface area contributed by atoms with E-state index in [0.29, 0.717) is 4.00 Å². The summed E-state index contributed by atoms with van der Waals surface area (Å²) in [5.74, 6) is 0. The molecule has 1 atom stereocenters. The van der Waals surface area contributed by atoms with Crippen LogP contribution in [0.2, 0.25) is 0 Å². The van der Waals surface area contributed by atoms with Gasteiger partial charge in [0.25, 0.3) is 0 Å². The van der Waals surface area contributed by atoms with Crippen molar-refractivity contribution in [2.75, 3.05) is 19.8 Å². The molecule has 0 spiro atoms. The number of rotatable bonds is 6. The molecule has 14 heavy (non-hydrogen) atoms. The van der Waals surface area contributed by atoms with Gasteiger partial charge in [-0.2, -0.15) is 4.00 Å². The van der Waals surface area contributed by atoms with E-state index in [9.17, 15) is 0 Å². The van der Waals surface area contributed by atoms with Gasteiger partial charge in [0.1, 0.15) is 12.7 Å². The van der Waals surface area contributed by atoms with Crippen LogP contribution in [0.25, 0.3) is 0 Å². The first-order chi connectivity index (χ1) is 6.70. The summed E-state index contributed by atoms with van der Waals surface area (Å²) in [4.78, 5) is 2.33. The lowest BCUT2D eigenvalue weighted by Gasteiger charge is -2.23. The summed E-state index contributed by atoms with van der Waals surface area (Å²) in [6, 6.07) is 0. The van der Waals surface area contributed by atoms with Gasteiger partial charge in [0, 0.05) is 6.54 Å². The molecular weight excluding hydrogens is 196 g/mol. The number of quaternary nitrogens is 1. The molecule has 3 heteroatoms. The summed E-state index contributed by atoms with van der Waals surface area (Å²) < 4.78 is 0.581. The third-order valence-electron chi connectivity index (χ3n) is 2.64. The number of unbranched alkanes of at least 4 members (excludes halogenated alkanes) is 2. The predicted octanol–water partition coefficient (Wildman–Crippen LogP) is 3.30. The van der Waals surface area contributed by atoms with Crippen molar-refractivity contribution in [2.45, 2.75) is 39.5 Å². The highest BCUT2D eigenvalue weighted by Gasteiger charge is 2.29. The fourth-order valence-electron chi connectivity index (χ4n) is 1.68. The van der Waals surface area contributed by atoms with Crippen LogP contribution in [0.4, 0.5) is 0 Å². The van der Waals surface area contributed by atoms with Crippen LogP contribution in [0.3, 0.4) is 0 Å². The van der Waals surface area contributed by atoms with Crippen molar-refractivity contribution in [3.63, 3.8) is 0 Å². The summed E-state index contributed by atoms with van der Waals surface area (Å²) >= 11 is 6.43. The second-order valence-electron chi connectivity index (χ2n) is 4.11. The third kappa shape index (κ3) is 3.50. The van der Waals surface area contributed by atoms with E-state index in [0.717, 1.165) is 19.8 Å². The Morgan fingerprint density at radius 2 is 2.00 bits per heavy atom. The molecule has 0 bridgehead atoms. The molecule has 1 aliphatic heterocycles. The zero-order chi connectivity index (χ0) is 10.4. The molecule has 1 heterocycles. The minimum absolute atomic E-state index is 0.581. The van der Waals surface area contributed by atoms with E-state index in [1.165, 1.54) is 25.7 Å². The van der Waals surface area contributed by atoms with Crippen molar-refractivity contribution in [1.82, 2.24) is 4.90 Å². The van der Waals surface area contributed by atoms with Crippen molar-refractivity contribution in [3.05, 3.63) is 12.4 Å². The highest BCUT2D eigenvalue weighted by Crippen LogP contribution is 2.23. The van der Waals surface area contributed by atoms with E-state index < -0.39 is 0 Å². The second-order valence-corrected chi connectivity index (χ2v) is 4.78. The Hall–Kier alpha value is -0.210. The summed E-state index contributed by atoms with van der Waals surface area (Å²) in [6.07, 6.45) is 9.20. The van der Waals surface area contributed by atoms with Gasteiger partial charge < -0.3 is 4.90 Å². The fraction of sp³-hybridized carbons (Fsp3) is 0.818. The van der Waals surface area contributed by atoms with Gasteiger partial charge in [-0.25, -0.2) is 0 Å². The Labute approximate surface area is 92.8 Å². The summed E-state index contributed by atoms with van der Waals surface area (Å²) in [6.45, 7) is 7.57. The molecule has 0 N–H and O–H groups in total.